The normalized spacial score (nSPS) is 11.8. The minimum absolute atomic E-state index is 0.110. The number of anilines is 1. The van der Waals surface area contributed by atoms with Crippen molar-refractivity contribution in [2.45, 2.75) is 26.8 Å². The highest BCUT2D eigenvalue weighted by molar-refractivity contribution is 6.01. The average Bonchev–Trinajstić information content (AvgIpc) is 3.08. The Morgan fingerprint density at radius 2 is 1.88 bits per heavy atom. The quantitative estimate of drug-likeness (QED) is 0.746. The van der Waals surface area contributed by atoms with Crippen LogP contribution >= 0.6 is 0 Å². The van der Waals surface area contributed by atoms with Gasteiger partial charge in [-0.25, -0.2) is 4.79 Å². The molecule has 1 unspecified atom stereocenters. The third-order valence-electron chi connectivity index (χ3n) is 3.72. The van der Waals surface area contributed by atoms with Crippen molar-refractivity contribution in [3.63, 3.8) is 0 Å². The molecule has 0 spiro atoms. The first kappa shape index (κ1) is 18.3. The van der Waals surface area contributed by atoms with Crippen LogP contribution in [0.1, 0.15) is 40.3 Å². The number of carbonyl (C=O) groups is 3. The molecule has 0 saturated carbocycles. The number of amides is 2. The van der Waals surface area contributed by atoms with E-state index in [2.05, 4.69) is 10.6 Å². The molecule has 25 heavy (non-hydrogen) atoms. The van der Waals surface area contributed by atoms with E-state index in [9.17, 15) is 14.4 Å². The molecule has 2 aromatic rings. The Balaban J connectivity index is 2.14. The van der Waals surface area contributed by atoms with E-state index in [4.69, 9.17) is 9.52 Å². The van der Waals surface area contributed by atoms with Crippen LogP contribution in [0, 0.1) is 12.8 Å². The van der Waals surface area contributed by atoms with E-state index >= 15 is 0 Å². The highest BCUT2D eigenvalue weighted by Crippen LogP contribution is 2.16. The predicted molar refractivity (Wildman–Crippen MR) is 91.6 cm³/mol. The monoisotopic (exact) mass is 344 g/mol. The molecule has 7 nitrogen and oxygen atoms in total. The topological polar surface area (TPSA) is 109 Å². The van der Waals surface area contributed by atoms with Gasteiger partial charge in [-0.3, -0.25) is 9.59 Å². The van der Waals surface area contributed by atoms with Gasteiger partial charge in [0.1, 0.15) is 6.04 Å². The van der Waals surface area contributed by atoms with Crippen molar-refractivity contribution in [1.29, 1.82) is 0 Å². The van der Waals surface area contributed by atoms with Gasteiger partial charge in [0.2, 0.25) is 5.91 Å². The molecule has 0 radical (unpaired) electrons. The molecule has 0 fully saturated rings. The van der Waals surface area contributed by atoms with Crippen LogP contribution in [0.5, 0.6) is 0 Å². The Hall–Kier alpha value is -3.09. The number of carboxylic acid groups (broad SMARTS) is 1. The van der Waals surface area contributed by atoms with Gasteiger partial charge < -0.3 is 20.2 Å². The number of aromatic carboxylic acids is 1. The fourth-order valence-electron chi connectivity index (χ4n) is 2.31. The van der Waals surface area contributed by atoms with Gasteiger partial charge >= 0.3 is 5.97 Å². The first-order valence-electron chi connectivity index (χ1n) is 7.78. The van der Waals surface area contributed by atoms with E-state index in [-0.39, 0.29) is 17.2 Å². The number of carboxylic acids is 1. The van der Waals surface area contributed by atoms with Crippen molar-refractivity contribution in [2.24, 2.45) is 5.92 Å². The fourth-order valence-corrected chi connectivity index (χ4v) is 2.31. The summed E-state index contributed by atoms with van der Waals surface area (Å²) in [6.45, 7) is 5.27. The number of rotatable bonds is 6. The molecule has 2 rings (SSSR count). The largest absolute Gasteiger partial charge is 0.478 e. The summed E-state index contributed by atoms with van der Waals surface area (Å²) in [6, 6.07) is 6.91. The SMILES string of the molecule is Cc1ccc(NC(=O)C(NC(=O)c2ccco2)C(C)C)cc1C(=O)O. The molecule has 0 saturated heterocycles. The van der Waals surface area contributed by atoms with Crippen molar-refractivity contribution in [3.05, 3.63) is 53.5 Å². The number of benzene rings is 1. The predicted octanol–water partition coefficient (Wildman–Crippen LogP) is 2.68. The number of hydrogen-bond acceptors (Lipinski definition) is 4. The molecule has 0 aliphatic carbocycles. The van der Waals surface area contributed by atoms with Gasteiger partial charge in [-0.15, -0.1) is 0 Å². The van der Waals surface area contributed by atoms with Gasteiger partial charge in [-0.05, 0) is 42.7 Å². The van der Waals surface area contributed by atoms with E-state index in [1.54, 1.807) is 39.0 Å². The first-order valence-corrected chi connectivity index (χ1v) is 7.78. The highest BCUT2D eigenvalue weighted by atomic mass is 16.4. The summed E-state index contributed by atoms with van der Waals surface area (Å²) in [5, 5.41) is 14.4. The van der Waals surface area contributed by atoms with Crippen molar-refractivity contribution in [2.75, 3.05) is 5.32 Å². The molecule has 1 aromatic carbocycles. The van der Waals surface area contributed by atoms with Crippen molar-refractivity contribution in [3.8, 4) is 0 Å². The molecule has 3 N–H and O–H groups in total. The summed E-state index contributed by atoms with van der Waals surface area (Å²) in [7, 11) is 0. The number of furan rings is 1. The number of carbonyl (C=O) groups excluding carboxylic acids is 2. The summed E-state index contributed by atoms with van der Waals surface area (Å²) >= 11 is 0. The minimum atomic E-state index is -1.07. The zero-order chi connectivity index (χ0) is 18.6. The zero-order valence-electron chi connectivity index (χ0n) is 14.2. The Bertz CT molecular complexity index is 781. The standard InChI is InChI=1S/C18H20N2O5/c1-10(2)15(20-16(21)14-5-4-8-25-14)17(22)19-12-7-6-11(3)13(9-12)18(23)24/h4-10,15H,1-3H3,(H,19,22)(H,20,21)(H,23,24). The lowest BCUT2D eigenvalue weighted by molar-refractivity contribution is -0.118. The van der Waals surface area contributed by atoms with Crippen LogP contribution in [-0.4, -0.2) is 28.9 Å². The molecule has 0 aliphatic rings. The molecule has 0 bridgehead atoms. The van der Waals surface area contributed by atoms with Crippen LogP contribution in [-0.2, 0) is 4.79 Å². The van der Waals surface area contributed by atoms with E-state index in [0.717, 1.165) is 0 Å². The second kappa shape index (κ2) is 7.65. The third kappa shape index (κ3) is 4.47. The summed E-state index contributed by atoms with van der Waals surface area (Å²) in [4.78, 5) is 35.8. The Labute approximate surface area is 145 Å². The van der Waals surface area contributed by atoms with Gasteiger partial charge in [0.15, 0.2) is 5.76 Å². The maximum Gasteiger partial charge on any atom is 0.336 e. The Morgan fingerprint density at radius 3 is 2.44 bits per heavy atom. The lowest BCUT2D eigenvalue weighted by Crippen LogP contribution is -2.47. The molecule has 1 aromatic heterocycles. The molecule has 7 heteroatoms. The molecular weight excluding hydrogens is 324 g/mol. The zero-order valence-corrected chi connectivity index (χ0v) is 14.2. The maximum absolute atomic E-state index is 12.5. The van der Waals surface area contributed by atoms with Gasteiger partial charge in [0.25, 0.3) is 5.91 Å². The van der Waals surface area contributed by atoms with Crippen LogP contribution in [0.15, 0.2) is 41.0 Å². The molecule has 1 atom stereocenters. The summed E-state index contributed by atoms with van der Waals surface area (Å²) in [6.07, 6.45) is 1.37. The van der Waals surface area contributed by atoms with Crippen molar-refractivity contribution >= 4 is 23.5 Å². The van der Waals surface area contributed by atoms with Gasteiger partial charge in [0, 0.05) is 5.69 Å². The minimum Gasteiger partial charge on any atom is -0.478 e. The Kier molecular flexibility index (Phi) is 5.59. The van der Waals surface area contributed by atoms with Crippen LogP contribution in [0.2, 0.25) is 0 Å². The summed E-state index contributed by atoms with van der Waals surface area (Å²) in [5.74, 6) is -2.06. The average molecular weight is 344 g/mol. The highest BCUT2D eigenvalue weighted by Gasteiger charge is 2.26. The van der Waals surface area contributed by atoms with Crippen LogP contribution < -0.4 is 10.6 Å². The lowest BCUT2D eigenvalue weighted by atomic mass is 10.0. The Morgan fingerprint density at radius 1 is 1.16 bits per heavy atom. The second-order valence-electron chi connectivity index (χ2n) is 6.00. The van der Waals surface area contributed by atoms with Gasteiger partial charge in [-0.2, -0.15) is 0 Å². The van der Waals surface area contributed by atoms with Crippen molar-refractivity contribution < 1.29 is 23.9 Å². The van der Waals surface area contributed by atoms with E-state index in [0.29, 0.717) is 11.3 Å². The van der Waals surface area contributed by atoms with E-state index < -0.39 is 23.8 Å². The molecule has 1 heterocycles. The molecule has 2 amide bonds. The van der Waals surface area contributed by atoms with Crippen LogP contribution in [0.4, 0.5) is 5.69 Å². The molecule has 132 valence electrons. The lowest BCUT2D eigenvalue weighted by Gasteiger charge is -2.21. The van der Waals surface area contributed by atoms with E-state index in [1.807, 2.05) is 0 Å². The number of aryl methyl sites for hydroxylation is 1. The second-order valence-corrected chi connectivity index (χ2v) is 6.00. The maximum atomic E-state index is 12.5. The smallest absolute Gasteiger partial charge is 0.336 e. The number of hydrogen-bond donors (Lipinski definition) is 3. The first-order chi connectivity index (χ1) is 11.8. The third-order valence-corrected chi connectivity index (χ3v) is 3.72. The fraction of sp³-hybridized carbons (Fsp3) is 0.278. The van der Waals surface area contributed by atoms with Crippen LogP contribution in [0.3, 0.4) is 0 Å². The molecular formula is C18H20N2O5. The van der Waals surface area contributed by atoms with Crippen LogP contribution in [0.25, 0.3) is 0 Å². The van der Waals surface area contributed by atoms with Crippen molar-refractivity contribution in [1.82, 2.24) is 5.32 Å². The summed E-state index contributed by atoms with van der Waals surface area (Å²) in [5.41, 5.74) is 1.06. The van der Waals surface area contributed by atoms with Gasteiger partial charge in [0.05, 0.1) is 11.8 Å². The summed E-state index contributed by atoms with van der Waals surface area (Å²) < 4.78 is 5.02. The van der Waals surface area contributed by atoms with E-state index in [1.165, 1.54) is 18.4 Å². The molecule has 0 aliphatic heterocycles. The number of nitrogens with one attached hydrogen (secondary N) is 2. The van der Waals surface area contributed by atoms with Gasteiger partial charge in [-0.1, -0.05) is 19.9 Å².